The van der Waals surface area contributed by atoms with Crippen molar-refractivity contribution in [3.63, 3.8) is 0 Å². The van der Waals surface area contributed by atoms with Crippen LogP contribution in [0.1, 0.15) is 38.4 Å². The molecule has 1 aliphatic heterocycles. The molecular formula is C13H19FN2O. The summed E-state index contributed by atoms with van der Waals surface area (Å²) in [4.78, 5) is 4.14. The molecule has 4 heteroatoms. The van der Waals surface area contributed by atoms with E-state index in [0.717, 1.165) is 25.1 Å². The van der Waals surface area contributed by atoms with Gasteiger partial charge >= 0.3 is 0 Å². The Labute approximate surface area is 101 Å². The highest BCUT2D eigenvalue weighted by Gasteiger charge is 2.26. The van der Waals surface area contributed by atoms with Crippen molar-refractivity contribution in [3.8, 4) is 0 Å². The third-order valence-electron chi connectivity index (χ3n) is 3.31. The fourth-order valence-corrected chi connectivity index (χ4v) is 2.21. The smallest absolute Gasteiger partial charge is 0.141 e. The molecule has 0 radical (unpaired) electrons. The monoisotopic (exact) mass is 238 g/mol. The highest BCUT2D eigenvalue weighted by atomic mass is 19.1. The molecule has 1 aromatic heterocycles. The van der Waals surface area contributed by atoms with Crippen molar-refractivity contribution >= 4 is 0 Å². The quantitative estimate of drug-likeness (QED) is 0.874. The number of pyridine rings is 1. The second kappa shape index (κ2) is 5.56. The van der Waals surface area contributed by atoms with Crippen LogP contribution in [-0.2, 0) is 4.74 Å². The van der Waals surface area contributed by atoms with Gasteiger partial charge in [-0.05, 0) is 31.9 Å². The van der Waals surface area contributed by atoms with Gasteiger partial charge in [0.1, 0.15) is 5.82 Å². The van der Waals surface area contributed by atoms with Gasteiger partial charge in [0.25, 0.3) is 0 Å². The zero-order chi connectivity index (χ0) is 12.3. The summed E-state index contributed by atoms with van der Waals surface area (Å²) in [5, 5.41) is 3.54. The van der Waals surface area contributed by atoms with Crippen LogP contribution in [0.2, 0.25) is 0 Å². The van der Waals surface area contributed by atoms with E-state index in [1.807, 2.05) is 0 Å². The lowest BCUT2D eigenvalue weighted by molar-refractivity contribution is 0.110. The lowest BCUT2D eigenvalue weighted by Crippen LogP contribution is -2.37. The number of aromatic nitrogens is 1. The van der Waals surface area contributed by atoms with Crippen molar-refractivity contribution in [2.75, 3.05) is 6.61 Å². The van der Waals surface area contributed by atoms with Crippen LogP contribution in [0.25, 0.3) is 0 Å². The van der Waals surface area contributed by atoms with Crippen LogP contribution in [-0.4, -0.2) is 23.7 Å². The van der Waals surface area contributed by atoms with Crippen molar-refractivity contribution in [3.05, 3.63) is 29.8 Å². The van der Waals surface area contributed by atoms with Crippen LogP contribution in [0.3, 0.4) is 0 Å². The fourth-order valence-electron chi connectivity index (χ4n) is 2.21. The average molecular weight is 238 g/mol. The molecule has 1 fully saturated rings. The van der Waals surface area contributed by atoms with Gasteiger partial charge in [0.15, 0.2) is 0 Å². The van der Waals surface area contributed by atoms with Crippen LogP contribution >= 0.6 is 0 Å². The number of nitrogens with zero attached hydrogens (tertiary/aromatic N) is 1. The molecule has 3 atom stereocenters. The standard InChI is InChI=1S/C13H19FN2O/c1-3-11(13-5-4-10(14)8-15-13)16-12-6-7-17-9(12)2/h4-5,8-9,11-12,16H,3,6-7H2,1-2H3. The maximum absolute atomic E-state index is 12.8. The van der Waals surface area contributed by atoms with Crippen molar-refractivity contribution in [2.24, 2.45) is 0 Å². The zero-order valence-corrected chi connectivity index (χ0v) is 10.3. The maximum Gasteiger partial charge on any atom is 0.141 e. The van der Waals surface area contributed by atoms with E-state index in [9.17, 15) is 4.39 Å². The van der Waals surface area contributed by atoms with Crippen LogP contribution in [0.4, 0.5) is 4.39 Å². The number of ether oxygens (including phenoxy) is 1. The van der Waals surface area contributed by atoms with E-state index in [1.165, 1.54) is 12.3 Å². The number of hydrogen-bond acceptors (Lipinski definition) is 3. The Hall–Kier alpha value is -1.00. The fraction of sp³-hybridized carbons (Fsp3) is 0.615. The molecule has 17 heavy (non-hydrogen) atoms. The van der Waals surface area contributed by atoms with Crippen LogP contribution in [0.5, 0.6) is 0 Å². The van der Waals surface area contributed by atoms with Gasteiger partial charge in [-0.15, -0.1) is 0 Å². The molecule has 1 aromatic rings. The molecule has 0 saturated carbocycles. The second-order valence-corrected chi connectivity index (χ2v) is 4.50. The lowest BCUT2D eigenvalue weighted by atomic mass is 10.1. The molecule has 1 N–H and O–H groups in total. The highest BCUT2D eigenvalue weighted by Crippen LogP contribution is 2.20. The minimum atomic E-state index is -0.291. The summed E-state index contributed by atoms with van der Waals surface area (Å²) < 4.78 is 18.3. The minimum absolute atomic E-state index is 0.171. The number of nitrogens with one attached hydrogen (secondary N) is 1. The van der Waals surface area contributed by atoms with Gasteiger partial charge in [0.05, 0.1) is 18.0 Å². The first kappa shape index (κ1) is 12.5. The van der Waals surface area contributed by atoms with E-state index < -0.39 is 0 Å². The topological polar surface area (TPSA) is 34.1 Å². The third-order valence-corrected chi connectivity index (χ3v) is 3.31. The predicted octanol–water partition coefficient (Wildman–Crippen LogP) is 2.44. The summed E-state index contributed by atoms with van der Waals surface area (Å²) >= 11 is 0. The lowest BCUT2D eigenvalue weighted by Gasteiger charge is -2.23. The first-order valence-electron chi connectivity index (χ1n) is 6.19. The van der Waals surface area contributed by atoms with Gasteiger partial charge in [-0.2, -0.15) is 0 Å². The molecule has 3 unspecified atom stereocenters. The number of rotatable bonds is 4. The van der Waals surface area contributed by atoms with Crippen molar-refractivity contribution in [2.45, 2.75) is 44.9 Å². The molecule has 0 spiro atoms. The molecule has 94 valence electrons. The van der Waals surface area contributed by atoms with Crippen molar-refractivity contribution in [1.82, 2.24) is 10.3 Å². The molecule has 2 heterocycles. The van der Waals surface area contributed by atoms with Gasteiger partial charge in [0, 0.05) is 18.7 Å². The summed E-state index contributed by atoms with van der Waals surface area (Å²) in [5.41, 5.74) is 0.896. The van der Waals surface area contributed by atoms with Crippen LogP contribution in [0, 0.1) is 5.82 Å². The van der Waals surface area contributed by atoms with Gasteiger partial charge in [0.2, 0.25) is 0 Å². The SMILES string of the molecule is CCC(NC1CCOC1C)c1ccc(F)cn1. The summed E-state index contributed by atoms with van der Waals surface area (Å²) in [5.74, 6) is -0.291. The normalized spacial score (nSPS) is 26.1. The second-order valence-electron chi connectivity index (χ2n) is 4.50. The first-order chi connectivity index (χ1) is 8.20. The number of halogens is 1. The summed E-state index contributed by atoms with van der Waals surface area (Å²) in [6.07, 6.45) is 3.47. The molecule has 0 aliphatic carbocycles. The summed E-state index contributed by atoms with van der Waals surface area (Å²) in [7, 11) is 0. The Morgan fingerprint density at radius 2 is 2.41 bits per heavy atom. The van der Waals surface area contributed by atoms with E-state index in [2.05, 4.69) is 24.1 Å². The average Bonchev–Trinajstić information content (AvgIpc) is 2.73. The van der Waals surface area contributed by atoms with Crippen LogP contribution < -0.4 is 5.32 Å². The zero-order valence-electron chi connectivity index (χ0n) is 10.3. The third kappa shape index (κ3) is 3.01. The van der Waals surface area contributed by atoms with Crippen LogP contribution in [0.15, 0.2) is 18.3 Å². The van der Waals surface area contributed by atoms with Gasteiger partial charge in [-0.1, -0.05) is 6.92 Å². The summed E-state index contributed by atoms with van der Waals surface area (Å²) in [6, 6.07) is 3.75. The summed E-state index contributed by atoms with van der Waals surface area (Å²) in [6.45, 7) is 4.99. The minimum Gasteiger partial charge on any atom is -0.377 e. The Morgan fingerprint density at radius 1 is 1.59 bits per heavy atom. The molecule has 3 nitrogen and oxygen atoms in total. The van der Waals surface area contributed by atoms with E-state index >= 15 is 0 Å². The van der Waals surface area contributed by atoms with Crippen molar-refractivity contribution in [1.29, 1.82) is 0 Å². The van der Waals surface area contributed by atoms with E-state index in [0.29, 0.717) is 6.04 Å². The number of hydrogen-bond donors (Lipinski definition) is 1. The molecule has 0 aromatic carbocycles. The Balaban J connectivity index is 2.03. The molecule has 1 saturated heterocycles. The Morgan fingerprint density at radius 3 is 2.94 bits per heavy atom. The van der Waals surface area contributed by atoms with Gasteiger partial charge in [-0.25, -0.2) is 4.39 Å². The molecule has 1 aliphatic rings. The first-order valence-corrected chi connectivity index (χ1v) is 6.19. The van der Waals surface area contributed by atoms with E-state index in [-0.39, 0.29) is 18.0 Å². The van der Waals surface area contributed by atoms with Gasteiger partial charge in [-0.3, -0.25) is 4.98 Å². The van der Waals surface area contributed by atoms with Gasteiger partial charge < -0.3 is 10.1 Å². The van der Waals surface area contributed by atoms with E-state index in [1.54, 1.807) is 6.07 Å². The van der Waals surface area contributed by atoms with E-state index in [4.69, 9.17) is 4.74 Å². The molecule has 0 amide bonds. The predicted molar refractivity (Wildman–Crippen MR) is 64.2 cm³/mol. The molecule has 2 rings (SSSR count). The Bertz CT molecular complexity index is 355. The molecule has 0 bridgehead atoms. The molecular weight excluding hydrogens is 219 g/mol. The Kier molecular flexibility index (Phi) is 4.07. The largest absolute Gasteiger partial charge is 0.377 e. The maximum atomic E-state index is 12.8. The highest BCUT2D eigenvalue weighted by molar-refractivity contribution is 5.10. The van der Waals surface area contributed by atoms with Crippen molar-refractivity contribution < 1.29 is 9.13 Å².